The average Bonchev–Trinajstić information content (AvgIpc) is 3.50. The summed E-state index contributed by atoms with van der Waals surface area (Å²) in [6.07, 6.45) is 1.95. The Hall–Kier alpha value is -3.91. The van der Waals surface area contributed by atoms with Gasteiger partial charge in [-0.2, -0.15) is 0 Å². The number of nitrogens with zero attached hydrogens (tertiary/aromatic N) is 4. The topological polar surface area (TPSA) is 208 Å². The monoisotopic (exact) mass is 540 g/mol. The number of rotatable bonds is 5. The number of likely N-dealkylation sites (tertiary alicyclic amines) is 1. The number of hydrogen-bond donors (Lipinski definition) is 6. The molecule has 1 unspecified atom stereocenters. The highest BCUT2D eigenvalue weighted by molar-refractivity contribution is 6.02. The Morgan fingerprint density at radius 1 is 1.23 bits per heavy atom. The molecular formula is C25H32N8O6. The van der Waals surface area contributed by atoms with Gasteiger partial charge in [-0.3, -0.25) is 19.3 Å². The predicted molar refractivity (Wildman–Crippen MR) is 137 cm³/mol. The number of nitrogens with one attached hydrogen (secondary N) is 2. The fourth-order valence-electron chi connectivity index (χ4n) is 6.58. The zero-order valence-corrected chi connectivity index (χ0v) is 21.5. The van der Waals surface area contributed by atoms with Crippen LogP contribution in [0.2, 0.25) is 0 Å². The first-order valence-electron chi connectivity index (χ1n) is 13.1. The zero-order chi connectivity index (χ0) is 27.7. The highest BCUT2D eigenvalue weighted by atomic mass is 16.5. The molecule has 39 heavy (non-hydrogen) atoms. The largest absolute Gasteiger partial charge is 0.492 e. The van der Waals surface area contributed by atoms with E-state index in [1.54, 1.807) is 12.1 Å². The second-order valence-corrected chi connectivity index (χ2v) is 10.6. The Morgan fingerprint density at radius 2 is 1.97 bits per heavy atom. The molecule has 0 aromatic heterocycles. The maximum atomic E-state index is 13.5. The van der Waals surface area contributed by atoms with E-state index in [1.807, 2.05) is 6.07 Å². The highest BCUT2D eigenvalue weighted by Gasteiger charge is 2.73. The molecule has 8 N–H and O–H groups in total. The molecule has 1 aromatic carbocycles. The van der Waals surface area contributed by atoms with Crippen molar-refractivity contribution in [3.05, 3.63) is 29.3 Å². The number of carbonyl (C=O) groups is 3. The molecular weight excluding hydrogens is 508 g/mol. The fourth-order valence-corrected chi connectivity index (χ4v) is 6.58. The fraction of sp³-hybridized carbons (Fsp3) is 0.560. The number of aliphatic imine (C=N–C) groups is 2. The minimum absolute atomic E-state index is 0.0665. The maximum Gasteiger partial charge on any atom is 0.255 e. The lowest BCUT2D eigenvalue weighted by molar-refractivity contribution is -0.230. The van der Waals surface area contributed by atoms with E-state index in [9.17, 15) is 24.6 Å². The zero-order valence-electron chi connectivity index (χ0n) is 21.5. The van der Waals surface area contributed by atoms with Crippen molar-refractivity contribution >= 4 is 29.6 Å². The third kappa shape index (κ3) is 3.58. The number of ether oxygens (including phenoxy) is 1. The number of amides is 3. The SMILES string of the molecule is CCC1CCOc2c(C(=O)N[C@H]3CN4C(N)=N[C@@H](CN5C(=O)CCC5=O)[C@@H]5N=C(N)N[C@@]54C3(O)O)cccc21. The number of carbonyl (C=O) groups excluding carboxylic acids is 3. The molecule has 2 fully saturated rings. The van der Waals surface area contributed by atoms with Crippen LogP contribution in [0.1, 0.15) is 54.4 Å². The van der Waals surface area contributed by atoms with Crippen LogP contribution in [0.3, 0.4) is 0 Å². The van der Waals surface area contributed by atoms with Crippen LogP contribution >= 0.6 is 0 Å². The summed E-state index contributed by atoms with van der Waals surface area (Å²) in [5, 5.41) is 28.9. The molecule has 14 nitrogen and oxygen atoms in total. The number of guanidine groups is 2. The number of fused-ring (bicyclic) bond motifs is 1. The van der Waals surface area contributed by atoms with Gasteiger partial charge < -0.3 is 42.0 Å². The Bertz CT molecular complexity index is 1300. The van der Waals surface area contributed by atoms with E-state index in [2.05, 4.69) is 27.5 Å². The number of hydrogen-bond acceptors (Lipinski definition) is 12. The highest BCUT2D eigenvalue weighted by Crippen LogP contribution is 2.45. The summed E-state index contributed by atoms with van der Waals surface area (Å²) in [5.74, 6) is -3.27. The summed E-state index contributed by atoms with van der Waals surface area (Å²) < 4.78 is 5.87. The standard InChI is InChI=1S/C25H32N8O6/c1-2-12-8-9-39-19-13(12)4-3-5-14(19)21(36)29-16-11-33-23(27)28-15(10-32-17(34)6-7-18(32)35)20-24(33,25(16,37)38)31-22(26)30-20/h3-5,12,15-16,20,37-38H,2,6-11H2,1H3,(H2,27,28)(H,29,36)(H3,26,30,31)/t12?,15-,16-,20-,24-/m0/s1. The molecule has 0 saturated carbocycles. The Morgan fingerprint density at radius 3 is 2.69 bits per heavy atom. The van der Waals surface area contributed by atoms with Gasteiger partial charge >= 0.3 is 0 Å². The lowest BCUT2D eigenvalue weighted by Crippen LogP contribution is -2.78. The number of aliphatic hydroxyl groups is 2. The summed E-state index contributed by atoms with van der Waals surface area (Å²) in [7, 11) is 0. The molecule has 14 heteroatoms. The molecule has 208 valence electrons. The first kappa shape index (κ1) is 25.4. The molecule has 5 aliphatic heterocycles. The molecule has 1 spiro atoms. The second kappa shape index (κ2) is 8.81. The van der Waals surface area contributed by atoms with Gasteiger partial charge in [-0.05, 0) is 30.4 Å². The van der Waals surface area contributed by atoms with Crippen LogP contribution in [-0.2, 0) is 9.59 Å². The molecule has 0 radical (unpaired) electrons. The minimum atomic E-state index is -2.64. The van der Waals surface area contributed by atoms with Crippen molar-refractivity contribution in [2.24, 2.45) is 21.5 Å². The van der Waals surface area contributed by atoms with Crippen LogP contribution in [0.25, 0.3) is 0 Å². The quantitative estimate of drug-likeness (QED) is 0.177. The summed E-state index contributed by atoms with van der Waals surface area (Å²) in [6.45, 7) is 2.30. The van der Waals surface area contributed by atoms with E-state index >= 15 is 0 Å². The molecule has 2 saturated heterocycles. The maximum absolute atomic E-state index is 13.5. The third-order valence-electron chi connectivity index (χ3n) is 8.57. The molecule has 6 rings (SSSR count). The lowest BCUT2D eigenvalue weighted by atomic mass is 9.84. The van der Waals surface area contributed by atoms with Gasteiger partial charge in [0.2, 0.25) is 17.6 Å². The predicted octanol–water partition coefficient (Wildman–Crippen LogP) is -2.11. The van der Waals surface area contributed by atoms with Crippen molar-refractivity contribution in [1.29, 1.82) is 0 Å². The van der Waals surface area contributed by atoms with E-state index in [4.69, 9.17) is 16.2 Å². The first-order valence-corrected chi connectivity index (χ1v) is 13.1. The Labute approximate surface area is 224 Å². The molecule has 1 aromatic rings. The number of imide groups is 1. The van der Waals surface area contributed by atoms with Gasteiger partial charge in [-0.1, -0.05) is 19.1 Å². The number of nitrogens with two attached hydrogens (primary N) is 2. The Balaban J connectivity index is 1.31. The van der Waals surface area contributed by atoms with E-state index in [0.717, 1.165) is 23.3 Å². The van der Waals surface area contributed by atoms with E-state index in [0.29, 0.717) is 17.9 Å². The number of benzene rings is 1. The summed E-state index contributed by atoms with van der Waals surface area (Å²) in [4.78, 5) is 49.4. The van der Waals surface area contributed by atoms with E-state index in [-0.39, 0.29) is 55.6 Å². The number of para-hydroxylation sites is 1. The van der Waals surface area contributed by atoms with Crippen LogP contribution in [0.4, 0.5) is 0 Å². The van der Waals surface area contributed by atoms with Gasteiger partial charge in [0.25, 0.3) is 5.91 Å². The van der Waals surface area contributed by atoms with Gasteiger partial charge in [-0.25, -0.2) is 9.98 Å². The molecule has 5 heterocycles. The second-order valence-electron chi connectivity index (χ2n) is 10.6. The van der Waals surface area contributed by atoms with Crippen LogP contribution in [0.15, 0.2) is 28.2 Å². The van der Waals surface area contributed by atoms with Crippen molar-refractivity contribution in [3.63, 3.8) is 0 Å². The smallest absolute Gasteiger partial charge is 0.255 e. The minimum Gasteiger partial charge on any atom is -0.492 e. The van der Waals surface area contributed by atoms with Crippen LogP contribution in [0.5, 0.6) is 5.75 Å². The Kier molecular flexibility index (Phi) is 5.73. The molecule has 0 bridgehead atoms. The average molecular weight is 541 g/mol. The molecule has 5 atom stereocenters. The molecule has 5 aliphatic rings. The van der Waals surface area contributed by atoms with Crippen LogP contribution in [0, 0.1) is 0 Å². The summed E-state index contributed by atoms with van der Waals surface area (Å²) in [6, 6.07) is 2.19. The van der Waals surface area contributed by atoms with Crippen molar-refractivity contribution in [3.8, 4) is 5.75 Å². The van der Waals surface area contributed by atoms with Crippen molar-refractivity contribution in [2.75, 3.05) is 19.7 Å². The third-order valence-corrected chi connectivity index (χ3v) is 8.57. The van der Waals surface area contributed by atoms with Gasteiger partial charge in [0.1, 0.15) is 17.8 Å². The van der Waals surface area contributed by atoms with Crippen molar-refractivity contribution in [2.45, 2.75) is 68.1 Å². The van der Waals surface area contributed by atoms with Crippen LogP contribution in [-0.4, -0.2) is 98.9 Å². The van der Waals surface area contributed by atoms with Crippen molar-refractivity contribution in [1.82, 2.24) is 20.4 Å². The lowest BCUT2D eigenvalue weighted by Gasteiger charge is -2.49. The van der Waals surface area contributed by atoms with Gasteiger partial charge in [-0.15, -0.1) is 0 Å². The summed E-state index contributed by atoms with van der Waals surface area (Å²) in [5.41, 5.74) is 11.8. The van der Waals surface area contributed by atoms with Gasteiger partial charge in [0.15, 0.2) is 17.6 Å². The van der Waals surface area contributed by atoms with E-state index < -0.39 is 35.5 Å². The van der Waals surface area contributed by atoms with Gasteiger partial charge in [0, 0.05) is 19.4 Å². The van der Waals surface area contributed by atoms with Crippen molar-refractivity contribution < 1.29 is 29.3 Å². The normalized spacial score (nSPS) is 32.5. The van der Waals surface area contributed by atoms with E-state index in [1.165, 1.54) is 4.90 Å². The first-order chi connectivity index (χ1) is 18.6. The van der Waals surface area contributed by atoms with Gasteiger partial charge in [0.05, 0.1) is 24.8 Å². The molecule has 3 amide bonds. The summed E-state index contributed by atoms with van der Waals surface area (Å²) >= 11 is 0. The molecule has 0 aliphatic carbocycles. The van der Waals surface area contributed by atoms with Crippen LogP contribution < -0.4 is 26.8 Å².